The van der Waals surface area contributed by atoms with Gasteiger partial charge in [-0.2, -0.15) is 0 Å². The number of aryl methyl sites for hydroxylation is 1. The third-order valence-corrected chi connectivity index (χ3v) is 5.25. The van der Waals surface area contributed by atoms with Crippen molar-refractivity contribution in [2.24, 2.45) is 0 Å². The number of amides is 1. The van der Waals surface area contributed by atoms with E-state index in [2.05, 4.69) is 24.1 Å². The lowest BCUT2D eigenvalue weighted by atomic mass is 10.0. The highest BCUT2D eigenvalue weighted by Crippen LogP contribution is 2.33. The van der Waals surface area contributed by atoms with E-state index >= 15 is 0 Å². The molecule has 5 heteroatoms. The molecule has 1 heterocycles. The molecule has 0 aliphatic rings. The number of fused-ring (bicyclic) bond motifs is 1. The third-order valence-electron chi connectivity index (χ3n) is 4.92. The maximum absolute atomic E-state index is 12.6. The van der Waals surface area contributed by atoms with E-state index in [1.165, 1.54) is 5.56 Å². The molecule has 1 amide bonds. The summed E-state index contributed by atoms with van der Waals surface area (Å²) in [5.74, 6) is 0.663. The fraction of sp³-hybridized carbons (Fsp3) is 0.167. The van der Waals surface area contributed by atoms with Crippen LogP contribution >= 0.6 is 11.6 Å². The minimum atomic E-state index is -0.171. The Labute approximate surface area is 174 Å². The van der Waals surface area contributed by atoms with Crippen LogP contribution in [0.4, 0.5) is 5.69 Å². The maximum Gasteiger partial charge on any atom is 0.255 e. The van der Waals surface area contributed by atoms with Crippen LogP contribution in [0.5, 0.6) is 0 Å². The molecule has 0 fully saturated rings. The molecule has 0 aliphatic heterocycles. The average Bonchev–Trinajstić information content (AvgIpc) is 3.12. The number of rotatable bonds is 4. The average molecular weight is 405 g/mol. The quantitative estimate of drug-likeness (QED) is 0.405. The summed E-state index contributed by atoms with van der Waals surface area (Å²) in [6, 6.07) is 18.8. The highest BCUT2D eigenvalue weighted by molar-refractivity contribution is 6.33. The van der Waals surface area contributed by atoms with Crippen LogP contribution in [0, 0.1) is 6.92 Å². The van der Waals surface area contributed by atoms with Crippen LogP contribution in [0.15, 0.2) is 65.1 Å². The van der Waals surface area contributed by atoms with E-state index in [0.29, 0.717) is 39.2 Å². The summed E-state index contributed by atoms with van der Waals surface area (Å²) in [4.78, 5) is 17.2. The Hall–Kier alpha value is -3.11. The normalized spacial score (nSPS) is 11.2. The molecule has 4 aromatic rings. The largest absolute Gasteiger partial charge is 0.436 e. The van der Waals surface area contributed by atoms with E-state index in [9.17, 15) is 4.79 Å². The van der Waals surface area contributed by atoms with Crippen LogP contribution in [0.3, 0.4) is 0 Å². The van der Waals surface area contributed by atoms with Crippen molar-refractivity contribution in [3.05, 3.63) is 82.4 Å². The van der Waals surface area contributed by atoms with E-state index in [1.807, 2.05) is 43.3 Å². The lowest BCUT2D eigenvalue weighted by molar-refractivity contribution is 0.102. The Kier molecular flexibility index (Phi) is 5.12. The van der Waals surface area contributed by atoms with Gasteiger partial charge in [-0.3, -0.25) is 4.79 Å². The number of hydrogen-bond donors (Lipinski definition) is 1. The molecule has 146 valence electrons. The van der Waals surface area contributed by atoms with Gasteiger partial charge in [-0.05, 0) is 60.4 Å². The molecule has 0 spiro atoms. The van der Waals surface area contributed by atoms with Gasteiger partial charge < -0.3 is 9.73 Å². The minimum Gasteiger partial charge on any atom is -0.436 e. The molecule has 0 radical (unpaired) electrons. The Morgan fingerprint density at radius 1 is 1.07 bits per heavy atom. The second kappa shape index (κ2) is 7.72. The molecule has 4 nitrogen and oxygen atoms in total. The highest BCUT2D eigenvalue weighted by Gasteiger charge is 2.15. The molecule has 4 rings (SSSR count). The van der Waals surface area contributed by atoms with Crippen LogP contribution < -0.4 is 5.32 Å². The first-order chi connectivity index (χ1) is 13.9. The van der Waals surface area contributed by atoms with Gasteiger partial charge in [-0.1, -0.05) is 49.7 Å². The van der Waals surface area contributed by atoms with E-state index < -0.39 is 0 Å². The summed E-state index contributed by atoms with van der Waals surface area (Å²) in [6.45, 7) is 6.19. The smallest absolute Gasteiger partial charge is 0.255 e. The molecular formula is C24H21ClN2O2. The number of aromatic nitrogens is 1. The van der Waals surface area contributed by atoms with Gasteiger partial charge in [0.15, 0.2) is 5.58 Å². The molecule has 1 aromatic heterocycles. The molecule has 0 atom stereocenters. The number of nitrogens with zero attached hydrogens (tertiary/aromatic N) is 1. The standard InChI is InChI=1S/C24H21ClN2O2/c1-14(2)16-8-11-22-21(12-16)27-24(29-22)19-13-17(9-10-20(19)25)26-23(28)18-7-5-4-6-15(18)3/h4-14H,1-3H3,(H,26,28). The Balaban J connectivity index is 1.67. The molecule has 0 aliphatic carbocycles. The number of halogens is 1. The summed E-state index contributed by atoms with van der Waals surface area (Å²) in [5, 5.41) is 3.44. The van der Waals surface area contributed by atoms with E-state index in [4.69, 9.17) is 16.0 Å². The van der Waals surface area contributed by atoms with Gasteiger partial charge >= 0.3 is 0 Å². The summed E-state index contributed by atoms with van der Waals surface area (Å²) in [6.07, 6.45) is 0. The zero-order valence-electron chi connectivity index (χ0n) is 16.5. The Bertz CT molecular complexity index is 1210. The highest BCUT2D eigenvalue weighted by atomic mass is 35.5. The molecule has 29 heavy (non-hydrogen) atoms. The van der Waals surface area contributed by atoms with E-state index in [-0.39, 0.29) is 5.91 Å². The topological polar surface area (TPSA) is 55.1 Å². The molecular weight excluding hydrogens is 384 g/mol. The summed E-state index contributed by atoms with van der Waals surface area (Å²) in [7, 11) is 0. The molecule has 3 aromatic carbocycles. The van der Waals surface area contributed by atoms with Crippen LogP contribution in [-0.2, 0) is 0 Å². The number of benzene rings is 3. The molecule has 0 unspecified atom stereocenters. The third kappa shape index (κ3) is 3.89. The molecule has 0 saturated carbocycles. The fourth-order valence-corrected chi connectivity index (χ4v) is 3.41. The minimum absolute atomic E-state index is 0.171. The fourth-order valence-electron chi connectivity index (χ4n) is 3.21. The first kappa shape index (κ1) is 19.2. The van der Waals surface area contributed by atoms with Gasteiger partial charge in [0.25, 0.3) is 5.91 Å². The van der Waals surface area contributed by atoms with Crippen molar-refractivity contribution in [1.82, 2.24) is 4.98 Å². The van der Waals surface area contributed by atoms with Crippen LogP contribution in [0.2, 0.25) is 5.02 Å². The van der Waals surface area contributed by atoms with Crippen molar-refractivity contribution in [2.75, 3.05) is 5.32 Å². The van der Waals surface area contributed by atoms with E-state index in [1.54, 1.807) is 24.3 Å². The predicted octanol–water partition coefficient (Wildman–Crippen LogP) is 6.83. The first-order valence-electron chi connectivity index (χ1n) is 9.50. The second-order valence-electron chi connectivity index (χ2n) is 7.36. The maximum atomic E-state index is 12.6. The number of hydrogen-bond acceptors (Lipinski definition) is 3. The number of oxazole rings is 1. The van der Waals surface area contributed by atoms with Crippen molar-refractivity contribution in [3.8, 4) is 11.5 Å². The van der Waals surface area contributed by atoms with Crippen molar-refractivity contribution >= 4 is 34.3 Å². The van der Waals surface area contributed by atoms with Crippen molar-refractivity contribution in [1.29, 1.82) is 0 Å². The van der Waals surface area contributed by atoms with Gasteiger partial charge in [0.1, 0.15) is 5.52 Å². The van der Waals surface area contributed by atoms with Crippen molar-refractivity contribution in [2.45, 2.75) is 26.7 Å². The number of nitrogens with one attached hydrogen (secondary N) is 1. The number of anilines is 1. The summed E-state index contributed by atoms with van der Waals surface area (Å²) in [5.41, 5.74) is 5.50. The van der Waals surface area contributed by atoms with Gasteiger partial charge in [-0.25, -0.2) is 4.98 Å². The molecule has 1 N–H and O–H groups in total. The van der Waals surface area contributed by atoms with Gasteiger partial charge in [0.2, 0.25) is 5.89 Å². The lowest BCUT2D eigenvalue weighted by Crippen LogP contribution is -2.13. The molecule has 0 saturated heterocycles. The van der Waals surface area contributed by atoms with Crippen LogP contribution in [-0.4, -0.2) is 10.9 Å². The zero-order chi connectivity index (χ0) is 20.5. The summed E-state index contributed by atoms with van der Waals surface area (Å²) >= 11 is 6.41. The van der Waals surface area contributed by atoms with Crippen molar-refractivity contribution < 1.29 is 9.21 Å². The SMILES string of the molecule is Cc1ccccc1C(=O)Nc1ccc(Cl)c(-c2nc3cc(C(C)C)ccc3o2)c1. The monoisotopic (exact) mass is 404 g/mol. The lowest BCUT2D eigenvalue weighted by Gasteiger charge is -2.09. The summed E-state index contributed by atoms with van der Waals surface area (Å²) < 4.78 is 5.93. The van der Waals surface area contributed by atoms with Gasteiger partial charge in [0.05, 0.1) is 10.6 Å². The van der Waals surface area contributed by atoms with Gasteiger partial charge in [0, 0.05) is 11.3 Å². The Morgan fingerprint density at radius 3 is 2.62 bits per heavy atom. The van der Waals surface area contributed by atoms with Gasteiger partial charge in [-0.15, -0.1) is 0 Å². The van der Waals surface area contributed by atoms with E-state index in [0.717, 1.165) is 11.1 Å². The molecule has 0 bridgehead atoms. The zero-order valence-corrected chi connectivity index (χ0v) is 17.2. The van der Waals surface area contributed by atoms with Crippen LogP contribution in [0.1, 0.15) is 41.3 Å². The number of carbonyl (C=O) groups excluding carboxylic acids is 1. The second-order valence-corrected chi connectivity index (χ2v) is 7.77. The number of carbonyl (C=O) groups is 1. The first-order valence-corrected chi connectivity index (χ1v) is 9.87. The van der Waals surface area contributed by atoms with Crippen molar-refractivity contribution in [3.63, 3.8) is 0 Å². The van der Waals surface area contributed by atoms with Crippen LogP contribution in [0.25, 0.3) is 22.6 Å². The predicted molar refractivity (Wildman–Crippen MR) is 118 cm³/mol. The Morgan fingerprint density at radius 2 is 1.86 bits per heavy atom.